The lowest BCUT2D eigenvalue weighted by atomic mass is 10.1. The molecule has 186 valence electrons. The van der Waals surface area contributed by atoms with E-state index in [2.05, 4.69) is 22.9 Å². The summed E-state index contributed by atoms with van der Waals surface area (Å²) in [6, 6.07) is 13.3. The lowest BCUT2D eigenvalue weighted by Gasteiger charge is -2.21. The molecule has 2 aromatic carbocycles. The fraction of sp³-hybridized carbons (Fsp3) is 0.407. The van der Waals surface area contributed by atoms with Gasteiger partial charge in [0.1, 0.15) is 0 Å². The van der Waals surface area contributed by atoms with Crippen molar-refractivity contribution in [1.82, 2.24) is 10.2 Å². The van der Waals surface area contributed by atoms with Crippen molar-refractivity contribution in [2.45, 2.75) is 52.5 Å². The number of nitrogens with one attached hydrogen (secondary N) is 3. The molecular weight excluding hydrogens is 444 g/mol. The molecule has 1 saturated heterocycles. The van der Waals surface area contributed by atoms with Crippen molar-refractivity contribution in [1.29, 1.82) is 0 Å². The molecule has 1 heterocycles. The standard InChI is InChI=1S/C27H34N4O4/c1-5-6-15-31-17-19(16-23(31)32)25(34)28-20-13-11-18(12-14-20)24(33)29-22-10-8-7-9-21(22)26(35)30-27(2,3)4/h7-14,19H,5-6,15-17H2,1-4H3,(H,28,34)(H,29,33)(H,30,35)/t19-/m1/s1. The van der Waals surface area contributed by atoms with Gasteiger partial charge in [0.2, 0.25) is 11.8 Å². The third-order valence-corrected chi connectivity index (χ3v) is 5.69. The van der Waals surface area contributed by atoms with Crippen LogP contribution in [0.1, 0.15) is 67.7 Å². The quantitative estimate of drug-likeness (QED) is 0.532. The maximum atomic E-state index is 12.8. The van der Waals surface area contributed by atoms with Crippen LogP contribution in [0.5, 0.6) is 0 Å². The third kappa shape index (κ3) is 7.15. The second kappa shape index (κ2) is 11.2. The molecule has 0 aliphatic carbocycles. The molecule has 1 atom stereocenters. The van der Waals surface area contributed by atoms with Crippen LogP contribution in [0.25, 0.3) is 0 Å². The summed E-state index contributed by atoms with van der Waals surface area (Å²) in [6.45, 7) is 8.85. The van der Waals surface area contributed by atoms with Crippen LogP contribution in [0.15, 0.2) is 48.5 Å². The highest BCUT2D eigenvalue weighted by atomic mass is 16.2. The highest BCUT2D eigenvalue weighted by Crippen LogP contribution is 2.22. The number of hydrogen-bond donors (Lipinski definition) is 3. The van der Waals surface area contributed by atoms with Gasteiger partial charge in [-0.25, -0.2) is 0 Å². The van der Waals surface area contributed by atoms with Crippen LogP contribution in [0, 0.1) is 5.92 Å². The summed E-state index contributed by atoms with van der Waals surface area (Å²) in [7, 11) is 0. The van der Waals surface area contributed by atoms with E-state index in [-0.39, 0.29) is 36.0 Å². The van der Waals surface area contributed by atoms with Gasteiger partial charge in [-0.1, -0.05) is 25.5 Å². The van der Waals surface area contributed by atoms with Gasteiger partial charge in [0.15, 0.2) is 0 Å². The minimum absolute atomic E-state index is 0.0158. The second-order valence-electron chi connectivity index (χ2n) is 9.86. The van der Waals surface area contributed by atoms with Gasteiger partial charge in [0.25, 0.3) is 11.8 Å². The van der Waals surface area contributed by atoms with Crippen LogP contribution < -0.4 is 16.0 Å². The van der Waals surface area contributed by atoms with Crippen molar-refractivity contribution in [2.75, 3.05) is 23.7 Å². The molecule has 2 aromatic rings. The van der Waals surface area contributed by atoms with Crippen molar-refractivity contribution in [3.8, 4) is 0 Å². The molecule has 0 unspecified atom stereocenters. The zero-order chi connectivity index (χ0) is 25.6. The van der Waals surface area contributed by atoms with Crippen molar-refractivity contribution in [3.63, 3.8) is 0 Å². The predicted molar refractivity (Wildman–Crippen MR) is 136 cm³/mol. The molecule has 0 radical (unpaired) electrons. The van der Waals surface area contributed by atoms with Gasteiger partial charge in [0.05, 0.1) is 17.2 Å². The number of carbonyl (C=O) groups is 4. The number of para-hydroxylation sites is 1. The van der Waals surface area contributed by atoms with Crippen LogP contribution in [0.3, 0.4) is 0 Å². The number of unbranched alkanes of at least 4 members (excludes halogenated alkanes) is 1. The highest BCUT2D eigenvalue weighted by molar-refractivity contribution is 6.09. The second-order valence-corrected chi connectivity index (χ2v) is 9.86. The molecule has 0 spiro atoms. The predicted octanol–water partition coefficient (Wildman–Crippen LogP) is 4.05. The summed E-state index contributed by atoms with van der Waals surface area (Å²) in [6.07, 6.45) is 2.14. The van der Waals surface area contributed by atoms with Gasteiger partial charge in [-0.15, -0.1) is 0 Å². The first-order valence-electron chi connectivity index (χ1n) is 12.0. The SMILES string of the molecule is CCCCN1C[C@H](C(=O)Nc2ccc(C(=O)Nc3ccccc3C(=O)NC(C)(C)C)cc2)CC1=O. The number of amides is 4. The van der Waals surface area contributed by atoms with E-state index in [0.29, 0.717) is 35.6 Å². The Morgan fingerprint density at radius 2 is 1.66 bits per heavy atom. The van der Waals surface area contributed by atoms with Crippen LogP contribution in [-0.2, 0) is 9.59 Å². The van der Waals surface area contributed by atoms with Crippen molar-refractivity contribution >= 4 is 35.0 Å². The van der Waals surface area contributed by atoms with Crippen molar-refractivity contribution in [3.05, 3.63) is 59.7 Å². The number of benzene rings is 2. The molecule has 3 N–H and O–H groups in total. The van der Waals surface area contributed by atoms with Crippen LogP contribution in [0.4, 0.5) is 11.4 Å². The number of nitrogens with zero attached hydrogens (tertiary/aromatic N) is 1. The Bertz CT molecular complexity index is 1090. The zero-order valence-corrected chi connectivity index (χ0v) is 20.8. The fourth-order valence-electron chi connectivity index (χ4n) is 3.85. The van der Waals surface area contributed by atoms with Crippen molar-refractivity contribution < 1.29 is 19.2 Å². The molecule has 35 heavy (non-hydrogen) atoms. The third-order valence-electron chi connectivity index (χ3n) is 5.69. The van der Waals surface area contributed by atoms with Gasteiger partial charge in [-0.05, 0) is 63.6 Å². The van der Waals surface area contributed by atoms with Crippen LogP contribution in [0.2, 0.25) is 0 Å². The van der Waals surface area contributed by atoms with E-state index in [0.717, 1.165) is 12.8 Å². The Kier molecular flexibility index (Phi) is 8.27. The van der Waals surface area contributed by atoms with E-state index in [9.17, 15) is 19.2 Å². The number of hydrogen-bond acceptors (Lipinski definition) is 4. The highest BCUT2D eigenvalue weighted by Gasteiger charge is 2.33. The average molecular weight is 479 g/mol. The summed E-state index contributed by atoms with van der Waals surface area (Å²) in [5, 5.41) is 8.53. The molecule has 1 aliphatic rings. The van der Waals surface area contributed by atoms with Crippen molar-refractivity contribution in [2.24, 2.45) is 5.92 Å². The fourth-order valence-corrected chi connectivity index (χ4v) is 3.85. The Hall–Kier alpha value is -3.68. The van der Waals surface area contributed by atoms with Gasteiger partial charge in [-0.3, -0.25) is 19.2 Å². The molecule has 8 nitrogen and oxygen atoms in total. The largest absolute Gasteiger partial charge is 0.347 e. The van der Waals surface area contributed by atoms with Gasteiger partial charge in [0, 0.05) is 36.3 Å². The minimum Gasteiger partial charge on any atom is -0.347 e. The Balaban J connectivity index is 1.61. The topological polar surface area (TPSA) is 108 Å². The molecule has 4 amide bonds. The lowest BCUT2D eigenvalue weighted by Crippen LogP contribution is -2.40. The van der Waals surface area contributed by atoms with E-state index in [1.807, 2.05) is 20.8 Å². The maximum absolute atomic E-state index is 12.8. The monoisotopic (exact) mass is 478 g/mol. The van der Waals surface area contributed by atoms with E-state index in [1.165, 1.54) is 0 Å². The first kappa shape index (κ1) is 25.9. The zero-order valence-electron chi connectivity index (χ0n) is 20.8. The molecule has 3 rings (SSSR count). The summed E-state index contributed by atoms with van der Waals surface area (Å²) in [4.78, 5) is 51.9. The molecule has 0 saturated carbocycles. The Morgan fingerprint density at radius 3 is 2.31 bits per heavy atom. The summed E-state index contributed by atoms with van der Waals surface area (Å²) in [5.74, 6) is -1.20. The normalized spacial score (nSPS) is 15.6. The number of anilines is 2. The lowest BCUT2D eigenvalue weighted by molar-refractivity contribution is -0.128. The van der Waals surface area contributed by atoms with Crippen LogP contribution in [-0.4, -0.2) is 47.2 Å². The average Bonchev–Trinajstić information content (AvgIpc) is 3.18. The molecule has 0 aromatic heterocycles. The number of likely N-dealkylation sites (tertiary alicyclic amines) is 1. The van der Waals surface area contributed by atoms with Gasteiger partial charge < -0.3 is 20.9 Å². The molecule has 0 bridgehead atoms. The first-order valence-corrected chi connectivity index (χ1v) is 12.0. The summed E-state index contributed by atoms with van der Waals surface area (Å²) >= 11 is 0. The summed E-state index contributed by atoms with van der Waals surface area (Å²) < 4.78 is 0. The van der Waals surface area contributed by atoms with E-state index >= 15 is 0 Å². The Labute approximate surface area is 206 Å². The Morgan fingerprint density at radius 1 is 0.971 bits per heavy atom. The minimum atomic E-state index is -0.409. The maximum Gasteiger partial charge on any atom is 0.255 e. The van der Waals surface area contributed by atoms with Crippen LogP contribution >= 0.6 is 0 Å². The molecular formula is C27H34N4O4. The first-order chi connectivity index (χ1) is 16.6. The molecule has 8 heteroatoms. The van der Waals surface area contributed by atoms with Gasteiger partial charge >= 0.3 is 0 Å². The summed E-state index contributed by atoms with van der Waals surface area (Å²) in [5.41, 5.74) is 1.31. The van der Waals surface area contributed by atoms with E-state index < -0.39 is 5.54 Å². The number of rotatable bonds is 8. The smallest absolute Gasteiger partial charge is 0.255 e. The molecule has 1 aliphatic heterocycles. The van der Waals surface area contributed by atoms with Gasteiger partial charge in [-0.2, -0.15) is 0 Å². The molecule has 1 fully saturated rings. The van der Waals surface area contributed by atoms with E-state index in [1.54, 1.807) is 53.4 Å². The number of carbonyl (C=O) groups excluding carboxylic acids is 4. The van der Waals surface area contributed by atoms with E-state index in [4.69, 9.17) is 0 Å².